The Hall–Kier alpha value is -3.82. The molecule has 0 spiro atoms. The van der Waals surface area contributed by atoms with Crippen LogP contribution in [0.2, 0.25) is 0 Å². The minimum atomic E-state index is -0.510. The largest absolute Gasteiger partial charge is 0.507 e. The summed E-state index contributed by atoms with van der Waals surface area (Å²) in [6, 6.07) is 7.96. The van der Waals surface area contributed by atoms with Crippen molar-refractivity contribution in [1.82, 2.24) is 24.9 Å². The second kappa shape index (κ2) is 10.3. The topological polar surface area (TPSA) is 106 Å². The molecule has 2 fully saturated rings. The number of aromatic hydroxyl groups is 1. The molecular formula is C30H38N6O4. The SMILES string of the molecule is Cn1cc(-c2ccc(-c3cc4c(nn3)N([C@H]3CC5CCC[C@H](C3)N5C(=O)OC(C)(C)C)CCCO4)c(O)c2)cn1. The molecule has 10 heteroatoms. The van der Waals surface area contributed by atoms with Gasteiger partial charge in [0.1, 0.15) is 17.0 Å². The number of carbonyl (C=O) groups is 1. The molecule has 0 radical (unpaired) electrons. The fourth-order valence-corrected chi connectivity index (χ4v) is 6.40. The van der Waals surface area contributed by atoms with Crippen LogP contribution in [-0.2, 0) is 11.8 Å². The molecule has 3 atom stereocenters. The maximum atomic E-state index is 13.1. The number of nitrogens with zero attached hydrogens (tertiary/aromatic N) is 6. The predicted octanol–water partition coefficient (Wildman–Crippen LogP) is 5.16. The summed E-state index contributed by atoms with van der Waals surface area (Å²) >= 11 is 0. The van der Waals surface area contributed by atoms with Crippen LogP contribution in [0, 0.1) is 0 Å². The molecule has 212 valence electrons. The summed E-state index contributed by atoms with van der Waals surface area (Å²) in [6.07, 6.45) is 9.20. The van der Waals surface area contributed by atoms with Crippen LogP contribution in [0.4, 0.5) is 10.6 Å². The summed E-state index contributed by atoms with van der Waals surface area (Å²) in [7, 11) is 1.86. The molecule has 2 aromatic heterocycles. The zero-order valence-corrected chi connectivity index (χ0v) is 23.7. The first-order chi connectivity index (χ1) is 19.2. The number of benzene rings is 1. The molecule has 1 amide bonds. The fourth-order valence-electron chi connectivity index (χ4n) is 6.40. The summed E-state index contributed by atoms with van der Waals surface area (Å²) in [5.74, 6) is 1.54. The molecule has 0 saturated carbocycles. The number of fused-ring (bicyclic) bond motifs is 3. The molecule has 10 nitrogen and oxygen atoms in total. The minimum absolute atomic E-state index is 0.128. The van der Waals surface area contributed by atoms with Gasteiger partial charge in [0.15, 0.2) is 11.6 Å². The van der Waals surface area contributed by atoms with Crippen molar-refractivity contribution in [3.05, 3.63) is 36.7 Å². The Bertz CT molecular complexity index is 1390. The van der Waals surface area contributed by atoms with Crippen LogP contribution >= 0.6 is 0 Å². The molecule has 6 rings (SSSR count). The van der Waals surface area contributed by atoms with Crippen LogP contribution in [0.3, 0.4) is 0 Å². The number of hydrogen-bond donors (Lipinski definition) is 1. The molecule has 5 heterocycles. The Kier molecular flexibility index (Phi) is 6.80. The molecule has 3 aliphatic rings. The summed E-state index contributed by atoms with van der Waals surface area (Å²) < 4.78 is 13.7. The first kappa shape index (κ1) is 26.4. The Balaban J connectivity index is 1.24. The van der Waals surface area contributed by atoms with Crippen molar-refractivity contribution >= 4 is 11.9 Å². The van der Waals surface area contributed by atoms with E-state index in [9.17, 15) is 9.90 Å². The number of phenolic OH excluding ortho intramolecular Hbond substituents is 1. The van der Waals surface area contributed by atoms with E-state index < -0.39 is 5.60 Å². The van der Waals surface area contributed by atoms with Crippen molar-refractivity contribution in [3.8, 4) is 33.9 Å². The van der Waals surface area contributed by atoms with Gasteiger partial charge in [-0.1, -0.05) is 6.07 Å². The third-order valence-corrected chi connectivity index (χ3v) is 8.12. The van der Waals surface area contributed by atoms with Crippen molar-refractivity contribution in [2.75, 3.05) is 18.1 Å². The number of amides is 1. The average molecular weight is 547 g/mol. The molecule has 2 bridgehead atoms. The van der Waals surface area contributed by atoms with Crippen LogP contribution in [0.5, 0.6) is 11.5 Å². The second-order valence-corrected chi connectivity index (χ2v) is 12.2. The van der Waals surface area contributed by atoms with Crippen molar-refractivity contribution in [1.29, 1.82) is 0 Å². The summed E-state index contributed by atoms with van der Waals surface area (Å²) in [6.45, 7) is 7.17. The lowest BCUT2D eigenvalue weighted by molar-refractivity contribution is -0.0216. The predicted molar refractivity (Wildman–Crippen MR) is 151 cm³/mol. The van der Waals surface area contributed by atoms with E-state index in [0.717, 1.165) is 62.0 Å². The van der Waals surface area contributed by atoms with E-state index in [1.807, 2.05) is 57.1 Å². The Labute approximate surface area is 234 Å². The smallest absolute Gasteiger partial charge is 0.410 e. The van der Waals surface area contributed by atoms with Gasteiger partial charge < -0.3 is 24.4 Å². The third kappa shape index (κ3) is 5.19. The zero-order chi connectivity index (χ0) is 28.0. The van der Waals surface area contributed by atoms with Gasteiger partial charge in [-0.15, -0.1) is 10.2 Å². The number of ether oxygens (including phenoxy) is 2. The monoisotopic (exact) mass is 546 g/mol. The maximum Gasteiger partial charge on any atom is 0.410 e. The maximum absolute atomic E-state index is 13.1. The van der Waals surface area contributed by atoms with Gasteiger partial charge in [-0.25, -0.2) is 4.79 Å². The number of rotatable bonds is 3. The number of aromatic nitrogens is 4. The molecule has 1 unspecified atom stereocenters. The fraction of sp³-hybridized carbons (Fsp3) is 0.533. The number of piperidine rings is 2. The standard InChI is InChI=1S/C30H38N6O4/c1-30(2,3)40-29(38)36-21-7-5-8-22(36)15-23(14-21)35-11-6-12-39-27-16-25(32-33-28(27)35)24-10-9-19(13-26(24)37)20-17-31-34(4)18-20/h9-10,13,16-18,21-23,37H,5-8,11-12,14-15H2,1-4H3/t21-,22?,23-/m1/s1. The Morgan fingerprint density at radius 1 is 1.05 bits per heavy atom. The van der Waals surface area contributed by atoms with Crippen LogP contribution < -0.4 is 9.64 Å². The van der Waals surface area contributed by atoms with Crippen LogP contribution in [-0.4, -0.2) is 73.0 Å². The highest BCUT2D eigenvalue weighted by Crippen LogP contribution is 2.42. The van der Waals surface area contributed by atoms with Crippen LogP contribution in [0.25, 0.3) is 22.4 Å². The van der Waals surface area contributed by atoms with Gasteiger partial charge in [0.2, 0.25) is 0 Å². The van der Waals surface area contributed by atoms with E-state index in [0.29, 0.717) is 23.6 Å². The quantitative estimate of drug-likeness (QED) is 0.480. The number of hydrogen-bond acceptors (Lipinski definition) is 8. The molecule has 3 aliphatic heterocycles. The lowest BCUT2D eigenvalue weighted by Crippen LogP contribution is -2.59. The van der Waals surface area contributed by atoms with Gasteiger partial charge in [-0.2, -0.15) is 5.10 Å². The molecular weight excluding hydrogens is 508 g/mol. The Morgan fingerprint density at radius 2 is 1.82 bits per heavy atom. The van der Waals surface area contributed by atoms with E-state index in [2.05, 4.69) is 20.2 Å². The highest BCUT2D eigenvalue weighted by atomic mass is 16.6. The van der Waals surface area contributed by atoms with E-state index in [4.69, 9.17) is 9.47 Å². The zero-order valence-electron chi connectivity index (χ0n) is 23.7. The Morgan fingerprint density at radius 3 is 2.50 bits per heavy atom. The van der Waals surface area contributed by atoms with Gasteiger partial charge in [-0.05, 0) is 77.0 Å². The van der Waals surface area contributed by atoms with Crippen LogP contribution in [0.15, 0.2) is 36.7 Å². The van der Waals surface area contributed by atoms with Gasteiger partial charge in [0.25, 0.3) is 0 Å². The highest BCUT2D eigenvalue weighted by Gasteiger charge is 2.44. The summed E-state index contributed by atoms with van der Waals surface area (Å²) in [4.78, 5) is 17.4. The van der Waals surface area contributed by atoms with Crippen molar-refractivity contribution in [2.24, 2.45) is 7.05 Å². The molecule has 2 saturated heterocycles. The van der Waals surface area contributed by atoms with Crippen LogP contribution in [0.1, 0.15) is 59.3 Å². The minimum Gasteiger partial charge on any atom is -0.507 e. The number of anilines is 1. The lowest BCUT2D eigenvalue weighted by atomic mass is 9.81. The number of aryl methyl sites for hydroxylation is 1. The highest BCUT2D eigenvalue weighted by molar-refractivity contribution is 5.75. The normalized spacial score (nSPS) is 22.8. The van der Waals surface area contributed by atoms with Crippen molar-refractivity contribution in [2.45, 2.75) is 83.0 Å². The average Bonchev–Trinajstić information content (AvgIpc) is 3.22. The molecule has 1 aromatic carbocycles. The van der Waals surface area contributed by atoms with E-state index in [-0.39, 0.29) is 30.0 Å². The van der Waals surface area contributed by atoms with Gasteiger partial charge in [0, 0.05) is 55.1 Å². The number of carbonyl (C=O) groups excluding carboxylic acids is 1. The molecule has 40 heavy (non-hydrogen) atoms. The van der Waals surface area contributed by atoms with E-state index >= 15 is 0 Å². The third-order valence-electron chi connectivity index (χ3n) is 8.12. The summed E-state index contributed by atoms with van der Waals surface area (Å²) in [5, 5.41) is 24.3. The van der Waals surface area contributed by atoms with Crippen molar-refractivity contribution in [3.63, 3.8) is 0 Å². The number of phenols is 1. The van der Waals surface area contributed by atoms with Gasteiger partial charge in [-0.3, -0.25) is 4.68 Å². The van der Waals surface area contributed by atoms with Gasteiger partial charge in [0.05, 0.1) is 12.8 Å². The summed E-state index contributed by atoms with van der Waals surface area (Å²) in [5.41, 5.74) is 2.46. The molecule has 3 aromatic rings. The first-order valence-corrected chi connectivity index (χ1v) is 14.3. The lowest BCUT2D eigenvalue weighted by Gasteiger charge is -2.50. The molecule has 0 aliphatic carbocycles. The van der Waals surface area contributed by atoms with Gasteiger partial charge >= 0.3 is 6.09 Å². The first-order valence-electron chi connectivity index (χ1n) is 14.3. The second-order valence-electron chi connectivity index (χ2n) is 12.2. The van der Waals surface area contributed by atoms with E-state index in [1.54, 1.807) is 16.9 Å². The van der Waals surface area contributed by atoms with E-state index in [1.165, 1.54) is 0 Å². The molecule has 1 N–H and O–H groups in total. The van der Waals surface area contributed by atoms with Crippen molar-refractivity contribution < 1.29 is 19.4 Å².